The number of amides is 2. The summed E-state index contributed by atoms with van der Waals surface area (Å²) in [5.41, 5.74) is 6.67. The van der Waals surface area contributed by atoms with Crippen LogP contribution in [0.1, 0.15) is 0 Å². The molecule has 1 aliphatic rings. The molecule has 1 fully saturated rings. The van der Waals surface area contributed by atoms with Gasteiger partial charge in [0.05, 0.1) is 21.2 Å². The van der Waals surface area contributed by atoms with E-state index in [4.69, 9.17) is 4.84 Å². The Bertz CT molecular complexity index is 789. The number of thiazole rings is 1. The van der Waals surface area contributed by atoms with Gasteiger partial charge in [-0.3, -0.25) is 5.43 Å². The van der Waals surface area contributed by atoms with Crippen LogP contribution in [0.25, 0.3) is 10.2 Å². The van der Waals surface area contributed by atoms with Gasteiger partial charge < -0.3 is 4.84 Å². The van der Waals surface area contributed by atoms with E-state index in [0.29, 0.717) is 10.9 Å². The van der Waals surface area contributed by atoms with Crippen molar-refractivity contribution in [2.24, 2.45) is 0 Å². The Labute approximate surface area is 129 Å². The molecule has 1 aromatic heterocycles. The summed E-state index contributed by atoms with van der Waals surface area (Å²) in [5, 5.41) is 2.99. The maximum atomic E-state index is 12.0. The fourth-order valence-corrected chi connectivity index (χ4v) is 2.90. The molecule has 0 aliphatic carbocycles. The largest absolute Gasteiger partial charge is 0.356 e. The van der Waals surface area contributed by atoms with Crippen LogP contribution in [0.4, 0.5) is 10.5 Å². The van der Waals surface area contributed by atoms with Crippen LogP contribution in [0.2, 0.25) is 0 Å². The number of hydrogen-bond acceptors (Lipinski definition) is 6. The second-order valence-corrected chi connectivity index (χ2v) is 5.49. The first-order valence-electron chi connectivity index (χ1n) is 6.56. The molecule has 4 rings (SSSR count). The van der Waals surface area contributed by atoms with Crippen LogP contribution in [-0.4, -0.2) is 16.3 Å². The number of hydrogen-bond donors (Lipinski definition) is 2. The van der Waals surface area contributed by atoms with Crippen LogP contribution in [0.15, 0.2) is 54.6 Å². The summed E-state index contributed by atoms with van der Waals surface area (Å²) in [6.45, 7) is 0. The third-order valence-electron chi connectivity index (χ3n) is 3.07. The maximum Gasteiger partial charge on any atom is 0.356 e. The van der Waals surface area contributed by atoms with E-state index in [1.54, 1.807) is 12.1 Å². The van der Waals surface area contributed by atoms with E-state index in [2.05, 4.69) is 15.9 Å². The average molecular weight is 313 g/mol. The number of para-hydroxylation sites is 2. The lowest BCUT2D eigenvalue weighted by atomic mass is 10.3. The Morgan fingerprint density at radius 1 is 1.05 bits per heavy atom. The Kier molecular flexibility index (Phi) is 3.11. The van der Waals surface area contributed by atoms with Crippen LogP contribution in [-0.2, 0) is 0 Å². The van der Waals surface area contributed by atoms with Crippen molar-refractivity contribution in [3.63, 3.8) is 0 Å². The summed E-state index contributed by atoms with van der Waals surface area (Å²) in [6.07, 6.45) is 0. The second kappa shape index (κ2) is 5.26. The summed E-state index contributed by atoms with van der Waals surface area (Å²) in [5.74, 6) is 0. The zero-order valence-electron chi connectivity index (χ0n) is 11.3. The number of aromatic nitrogens is 1. The van der Waals surface area contributed by atoms with E-state index < -0.39 is 0 Å². The van der Waals surface area contributed by atoms with Gasteiger partial charge >= 0.3 is 6.03 Å². The third-order valence-corrected chi connectivity index (χ3v) is 3.98. The summed E-state index contributed by atoms with van der Waals surface area (Å²) in [4.78, 5) is 22.0. The lowest BCUT2D eigenvalue weighted by molar-refractivity contribution is -0.0951. The molecule has 2 amide bonds. The molecule has 1 aliphatic heterocycles. The number of carbonyl (C=O) groups is 1. The number of urea groups is 1. The molecule has 7 nitrogen and oxygen atoms in total. The van der Waals surface area contributed by atoms with Gasteiger partial charge in [-0.15, -0.1) is 5.53 Å². The fourth-order valence-electron chi connectivity index (χ4n) is 2.10. The number of anilines is 1. The molecular weight excluding hydrogens is 302 g/mol. The van der Waals surface area contributed by atoms with Crippen molar-refractivity contribution in [2.75, 3.05) is 5.01 Å². The molecule has 0 bridgehead atoms. The van der Waals surface area contributed by atoms with E-state index in [-0.39, 0.29) is 6.03 Å². The van der Waals surface area contributed by atoms with Gasteiger partial charge in [-0.2, -0.15) is 5.01 Å². The van der Waals surface area contributed by atoms with Crippen molar-refractivity contribution in [2.45, 2.75) is 0 Å². The third kappa shape index (κ3) is 2.25. The molecule has 2 aromatic carbocycles. The van der Waals surface area contributed by atoms with Gasteiger partial charge in [-0.25, -0.2) is 9.78 Å². The van der Waals surface area contributed by atoms with E-state index in [1.807, 2.05) is 42.5 Å². The predicted molar refractivity (Wildman–Crippen MR) is 82.7 cm³/mol. The fraction of sp³-hybridized carbons (Fsp3) is 0. The number of hydrazine groups is 3. The molecule has 2 N–H and O–H groups in total. The Morgan fingerprint density at radius 2 is 1.82 bits per heavy atom. The van der Waals surface area contributed by atoms with Crippen LogP contribution < -0.4 is 20.8 Å². The molecule has 22 heavy (non-hydrogen) atoms. The van der Waals surface area contributed by atoms with Gasteiger partial charge in [0.25, 0.3) is 5.19 Å². The molecule has 0 atom stereocenters. The average Bonchev–Trinajstić information content (AvgIpc) is 3.11. The normalized spacial score (nSPS) is 15.3. The predicted octanol–water partition coefficient (Wildman–Crippen LogP) is 2.46. The van der Waals surface area contributed by atoms with Gasteiger partial charge in [0.2, 0.25) is 0 Å². The maximum absolute atomic E-state index is 12.0. The SMILES string of the molecule is O=C1NNN(Oc2nc3ccccc3s2)N1c1ccccc1. The summed E-state index contributed by atoms with van der Waals surface area (Å²) >= 11 is 1.40. The topological polar surface area (TPSA) is 69.7 Å². The Hall–Kier alpha value is -2.68. The lowest BCUT2D eigenvalue weighted by Gasteiger charge is -2.22. The number of benzene rings is 2. The number of rotatable bonds is 3. The van der Waals surface area contributed by atoms with Crippen molar-refractivity contribution in [1.29, 1.82) is 0 Å². The van der Waals surface area contributed by atoms with Crippen molar-refractivity contribution in [3.05, 3.63) is 54.6 Å². The van der Waals surface area contributed by atoms with Crippen molar-refractivity contribution >= 4 is 33.3 Å². The van der Waals surface area contributed by atoms with Crippen molar-refractivity contribution < 1.29 is 9.63 Å². The molecule has 0 unspecified atom stereocenters. The quantitative estimate of drug-likeness (QED) is 0.777. The summed E-state index contributed by atoms with van der Waals surface area (Å²) in [7, 11) is 0. The standard InChI is InChI=1S/C14H11N5O2S/c20-13-16-17-19(18(13)10-6-2-1-3-7-10)21-14-15-11-8-4-5-9-12(11)22-14/h1-9,17H,(H,16,20). The van der Waals surface area contributed by atoms with Crippen LogP contribution in [0.3, 0.4) is 0 Å². The second-order valence-electron chi connectivity index (χ2n) is 4.50. The number of fused-ring (bicyclic) bond motifs is 1. The minimum atomic E-state index is -0.340. The van der Waals surface area contributed by atoms with Crippen molar-refractivity contribution in [1.82, 2.24) is 21.2 Å². The van der Waals surface area contributed by atoms with Crippen molar-refractivity contribution in [3.8, 4) is 5.19 Å². The van der Waals surface area contributed by atoms with Gasteiger partial charge in [0, 0.05) is 0 Å². The van der Waals surface area contributed by atoms with Crippen LogP contribution in [0, 0.1) is 0 Å². The number of nitrogens with zero attached hydrogens (tertiary/aromatic N) is 3. The lowest BCUT2D eigenvalue weighted by Crippen LogP contribution is -2.46. The van der Waals surface area contributed by atoms with E-state index in [1.165, 1.54) is 21.6 Å². The summed E-state index contributed by atoms with van der Waals surface area (Å²) < 4.78 is 1.02. The first-order chi connectivity index (χ1) is 10.8. The molecule has 0 spiro atoms. The van der Waals surface area contributed by atoms with E-state index in [0.717, 1.165) is 10.2 Å². The molecule has 0 radical (unpaired) electrons. The van der Waals surface area contributed by atoms with E-state index >= 15 is 0 Å². The minimum Gasteiger partial charge on any atom is -0.337 e. The first kappa shape index (κ1) is 13.0. The summed E-state index contributed by atoms with van der Waals surface area (Å²) in [6, 6.07) is 16.6. The highest BCUT2D eigenvalue weighted by molar-refractivity contribution is 7.20. The van der Waals surface area contributed by atoms with Crippen LogP contribution >= 0.6 is 11.3 Å². The molecule has 0 saturated carbocycles. The van der Waals surface area contributed by atoms with Gasteiger partial charge in [-0.1, -0.05) is 41.7 Å². The smallest absolute Gasteiger partial charge is 0.337 e. The molecule has 110 valence electrons. The highest BCUT2D eigenvalue weighted by Gasteiger charge is 2.32. The van der Waals surface area contributed by atoms with Crippen LogP contribution in [0.5, 0.6) is 5.19 Å². The number of carbonyl (C=O) groups excluding carboxylic acids is 1. The first-order valence-corrected chi connectivity index (χ1v) is 7.37. The number of nitrogens with one attached hydrogen (secondary N) is 2. The highest BCUT2D eigenvalue weighted by atomic mass is 32.1. The Morgan fingerprint density at radius 3 is 2.64 bits per heavy atom. The molecule has 1 saturated heterocycles. The minimum absolute atomic E-state index is 0.340. The van der Waals surface area contributed by atoms with Gasteiger partial charge in [0.15, 0.2) is 0 Å². The van der Waals surface area contributed by atoms with E-state index in [9.17, 15) is 4.79 Å². The monoisotopic (exact) mass is 313 g/mol. The van der Waals surface area contributed by atoms with Gasteiger partial charge in [-0.05, 0) is 24.3 Å². The zero-order valence-corrected chi connectivity index (χ0v) is 12.1. The molecular formula is C14H11N5O2S. The van der Waals surface area contributed by atoms with Gasteiger partial charge in [0.1, 0.15) is 0 Å². The Balaban J connectivity index is 1.62. The highest BCUT2D eigenvalue weighted by Crippen LogP contribution is 2.28. The zero-order chi connectivity index (χ0) is 14.9. The molecule has 3 aromatic rings. The molecule has 2 heterocycles. The molecule has 8 heteroatoms.